The van der Waals surface area contributed by atoms with Crippen molar-refractivity contribution < 1.29 is 22.7 Å². The van der Waals surface area contributed by atoms with Crippen LogP contribution in [0.2, 0.25) is 0 Å². The number of amides is 1. The third-order valence-electron chi connectivity index (χ3n) is 5.41. The van der Waals surface area contributed by atoms with Crippen LogP contribution < -0.4 is 14.8 Å². The molecule has 1 amide bonds. The summed E-state index contributed by atoms with van der Waals surface area (Å²) in [5, 5.41) is 12.5. The summed E-state index contributed by atoms with van der Waals surface area (Å²) in [4.78, 5) is 12.7. The molecular formula is C19H24N4O5S2. The SMILES string of the molecule is COc1ccc(S(=O)(=O)N2CCC(C(=O)Nc3nnc(C4CC4)s3)CC2)cc1OC. The number of hydrogen-bond acceptors (Lipinski definition) is 8. The predicted octanol–water partition coefficient (Wildman–Crippen LogP) is 2.47. The molecule has 9 nitrogen and oxygen atoms in total. The normalized spacial score (nSPS) is 18.2. The third kappa shape index (κ3) is 4.28. The minimum Gasteiger partial charge on any atom is -0.493 e. The number of benzene rings is 1. The molecule has 1 aromatic carbocycles. The molecule has 11 heteroatoms. The smallest absolute Gasteiger partial charge is 0.243 e. The van der Waals surface area contributed by atoms with E-state index in [4.69, 9.17) is 9.47 Å². The maximum Gasteiger partial charge on any atom is 0.243 e. The van der Waals surface area contributed by atoms with Crippen molar-refractivity contribution in [1.29, 1.82) is 0 Å². The Morgan fingerprint density at radius 2 is 1.80 bits per heavy atom. The first-order valence-electron chi connectivity index (χ1n) is 9.79. The molecule has 30 heavy (non-hydrogen) atoms. The molecule has 1 N–H and O–H groups in total. The van der Waals surface area contributed by atoms with Gasteiger partial charge in [0.25, 0.3) is 0 Å². The van der Waals surface area contributed by atoms with E-state index in [0.717, 1.165) is 17.8 Å². The summed E-state index contributed by atoms with van der Waals surface area (Å²) in [5.41, 5.74) is 0. The van der Waals surface area contributed by atoms with Crippen molar-refractivity contribution in [2.45, 2.75) is 36.5 Å². The molecule has 0 radical (unpaired) electrons. The minimum atomic E-state index is -3.68. The maximum absolute atomic E-state index is 13.0. The third-order valence-corrected chi connectivity index (χ3v) is 8.31. The molecule has 0 bridgehead atoms. The fourth-order valence-electron chi connectivity index (χ4n) is 3.47. The predicted molar refractivity (Wildman–Crippen MR) is 112 cm³/mol. The van der Waals surface area contributed by atoms with Crippen LogP contribution in [0, 0.1) is 5.92 Å². The van der Waals surface area contributed by atoms with Gasteiger partial charge in [-0.1, -0.05) is 11.3 Å². The number of nitrogens with zero attached hydrogens (tertiary/aromatic N) is 3. The van der Waals surface area contributed by atoms with Crippen LogP contribution in [-0.2, 0) is 14.8 Å². The largest absolute Gasteiger partial charge is 0.493 e. The molecule has 1 aliphatic carbocycles. The van der Waals surface area contributed by atoms with E-state index in [-0.39, 0.29) is 29.8 Å². The zero-order valence-corrected chi connectivity index (χ0v) is 18.5. The molecule has 2 aliphatic rings. The van der Waals surface area contributed by atoms with Crippen LogP contribution in [-0.4, -0.2) is 56.1 Å². The second kappa shape index (κ2) is 8.48. The molecule has 1 saturated heterocycles. The van der Waals surface area contributed by atoms with Gasteiger partial charge in [0.2, 0.25) is 21.1 Å². The van der Waals surface area contributed by atoms with Crippen LogP contribution in [0.3, 0.4) is 0 Å². The summed E-state index contributed by atoms with van der Waals surface area (Å²) in [6, 6.07) is 4.53. The number of carbonyl (C=O) groups excluding carboxylic acids is 1. The maximum atomic E-state index is 13.0. The first-order chi connectivity index (χ1) is 14.4. The van der Waals surface area contributed by atoms with Gasteiger partial charge in [0, 0.05) is 31.0 Å². The number of nitrogens with one attached hydrogen (secondary N) is 1. The number of anilines is 1. The zero-order chi connectivity index (χ0) is 21.3. The molecular weight excluding hydrogens is 428 g/mol. The molecule has 0 atom stereocenters. The summed E-state index contributed by atoms with van der Waals surface area (Å²) in [6.45, 7) is 0.552. The number of hydrogen-bond donors (Lipinski definition) is 1. The second-order valence-corrected chi connectivity index (χ2v) is 10.4. The average Bonchev–Trinajstić information content (AvgIpc) is 3.52. The standard InChI is InChI=1S/C19H24N4O5S2/c1-27-15-6-5-14(11-16(15)28-2)30(25,26)23-9-7-12(8-10-23)17(24)20-19-22-21-18(29-19)13-3-4-13/h5-6,11-13H,3-4,7-10H2,1-2H3,(H,20,22,24). The lowest BCUT2D eigenvalue weighted by Gasteiger charge is -2.30. The van der Waals surface area contributed by atoms with Gasteiger partial charge < -0.3 is 14.8 Å². The Labute approximate surface area is 179 Å². The first-order valence-corrected chi connectivity index (χ1v) is 12.0. The summed E-state index contributed by atoms with van der Waals surface area (Å²) in [5.74, 6) is 0.939. The molecule has 0 spiro atoms. The fraction of sp³-hybridized carbons (Fsp3) is 0.526. The van der Waals surface area contributed by atoms with Crippen LogP contribution in [0.5, 0.6) is 11.5 Å². The van der Waals surface area contributed by atoms with E-state index in [9.17, 15) is 13.2 Å². The average molecular weight is 453 g/mol. The van der Waals surface area contributed by atoms with Crippen LogP contribution in [0.4, 0.5) is 5.13 Å². The molecule has 4 rings (SSSR count). The highest BCUT2D eigenvalue weighted by Gasteiger charge is 2.33. The fourth-order valence-corrected chi connectivity index (χ4v) is 5.87. The Kier molecular flexibility index (Phi) is 5.94. The Balaban J connectivity index is 1.37. The second-order valence-electron chi connectivity index (χ2n) is 7.40. The van der Waals surface area contributed by atoms with Crippen molar-refractivity contribution in [1.82, 2.24) is 14.5 Å². The van der Waals surface area contributed by atoms with E-state index in [1.807, 2.05) is 0 Å². The summed E-state index contributed by atoms with van der Waals surface area (Å²) < 4.78 is 37.8. The van der Waals surface area contributed by atoms with E-state index < -0.39 is 10.0 Å². The number of carbonyl (C=O) groups is 1. The molecule has 0 unspecified atom stereocenters. The number of sulfonamides is 1. The summed E-state index contributed by atoms with van der Waals surface area (Å²) >= 11 is 1.42. The number of methoxy groups -OCH3 is 2. The number of piperidine rings is 1. The molecule has 1 aromatic heterocycles. The highest BCUT2D eigenvalue weighted by Crippen LogP contribution is 2.42. The molecule has 2 aromatic rings. The van der Waals surface area contributed by atoms with Crippen molar-refractivity contribution in [2.24, 2.45) is 5.92 Å². The van der Waals surface area contributed by atoms with Gasteiger partial charge in [0.05, 0.1) is 19.1 Å². The highest BCUT2D eigenvalue weighted by atomic mass is 32.2. The van der Waals surface area contributed by atoms with Crippen molar-refractivity contribution in [3.8, 4) is 11.5 Å². The Bertz CT molecular complexity index is 1030. The van der Waals surface area contributed by atoms with Gasteiger partial charge in [0.1, 0.15) is 5.01 Å². The number of ether oxygens (including phenoxy) is 2. The monoisotopic (exact) mass is 452 g/mol. The minimum absolute atomic E-state index is 0.128. The van der Waals surface area contributed by atoms with Crippen molar-refractivity contribution >= 4 is 32.4 Å². The lowest BCUT2D eigenvalue weighted by atomic mass is 9.97. The van der Waals surface area contributed by atoms with Crippen molar-refractivity contribution in [3.63, 3.8) is 0 Å². The van der Waals surface area contributed by atoms with Gasteiger partial charge in [-0.15, -0.1) is 10.2 Å². The van der Waals surface area contributed by atoms with Crippen LogP contribution >= 0.6 is 11.3 Å². The zero-order valence-electron chi connectivity index (χ0n) is 16.8. The quantitative estimate of drug-likeness (QED) is 0.687. The first kappa shape index (κ1) is 21.0. The van der Waals surface area contributed by atoms with E-state index in [2.05, 4.69) is 15.5 Å². The summed E-state index contributed by atoms with van der Waals surface area (Å²) in [7, 11) is -0.722. The van der Waals surface area contributed by atoms with Gasteiger partial charge in [0.15, 0.2) is 11.5 Å². The van der Waals surface area contributed by atoms with Crippen LogP contribution in [0.25, 0.3) is 0 Å². The van der Waals surface area contributed by atoms with Gasteiger partial charge in [-0.25, -0.2) is 8.42 Å². The Morgan fingerprint density at radius 1 is 1.10 bits per heavy atom. The van der Waals surface area contributed by atoms with E-state index in [0.29, 0.717) is 35.4 Å². The molecule has 1 saturated carbocycles. The van der Waals surface area contributed by atoms with Crippen LogP contribution in [0.1, 0.15) is 36.6 Å². The molecule has 2 fully saturated rings. The molecule has 1 aliphatic heterocycles. The van der Waals surface area contributed by atoms with E-state index in [1.165, 1.54) is 42.0 Å². The van der Waals surface area contributed by atoms with Crippen molar-refractivity contribution in [2.75, 3.05) is 32.6 Å². The lowest BCUT2D eigenvalue weighted by Crippen LogP contribution is -2.41. The lowest BCUT2D eigenvalue weighted by molar-refractivity contribution is -0.120. The number of aromatic nitrogens is 2. The topological polar surface area (TPSA) is 111 Å². The Hall–Kier alpha value is -2.24. The Morgan fingerprint density at radius 3 is 2.43 bits per heavy atom. The van der Waals surface area contributed by atoms with Gasteiger partial charge in [-0.2, -0.15) is 4.31 Å². The summed E-state index contributed by atoms with van der Waals surface area (Å²) in [6.07, 6.45) is 3.17. The van der Waals surface area contributed by atoms with E-state index >= 15 is 0 Å². The van der Waals surface area contributed by atoms with Gasteiger partial charge in [-0.3, -0.25) is 4.79 Å². The van der Waals surface area contributed by atoms with Crippen LogP contribution in [0.15, 0.2) is 23.1 Å². The van der Waals surface area contributed by atoms with Crippen molar-refractivity contribution in [3.05, 3.63) is 23.2 Å². The van der Waals surface area contributed by atoms with Gasteiger partial charge >= 0.3 is 0 Å². The van der Waals surface area contributed by atoms with Gasteiger partial charge in [-0.05, 0) is 37.8 Å². The molecule has 162 valence electrons. The highest BCUT2D eigenvalue weighted by molar-refractivity contribution is 7.89. The molecule has 2 heterocycles. The van der Waals surface area contributed by atoms with E-state index in [1.54, 1.807) is 6.07 Å². The number of rotatable bonds is 7.